The maximum atomic E-state index is 4.27. The van der Waals surface area contributed by atoms with Crippen LogP contribution in [0.4, 0.5) is 0 Å². The number of hydrogen-bond donors (Lipinski definition) is 0. The third-order valence-electron chi connectivity index (χ3n) is 1.75. The fraction of sp³-hybridized carbons (Fsp3) is 0.111. The Morgan fingerprint density at radius 3 is 2.64 bits per heavy atom. The number of hydrogen-bond acceptors (Lipinski definition) is 2. The zero-order chi connectivity index (χ0) is 10.1. The van der Waals surface area contributed by atoms with Crippen LogP contribution >= 0.6 is 31.9 Å². The second kappa shape index (κ2) is 3.82. The van der Waals surface area contributed by atoms with Crippen molar-refractivity contribution in [3.8, 4) is 5.82 Å². The molecule has 14 heavy (non-hydrogen) atoms. The lowest BCUT2D eigenvalue weighted by Crippen LogP contribution is -1.98. The van der Waals surface area contributed by atoms with E-state index in [-0.39, 0.29) is 0 Å². The summed E-state index contributed by atoms with van der Waals surface area (Å²) in [6, 6.07) is 3.86. The molecule has 2 heterocycles. The van der Waals surface area contributed by atoms with Crippen LogP contribution in [0, 0.1) is 6.92 Å². The van der Waals surface area contributed by atoms with Gasteiger partial charge in [0.1, 0.15) is 0 Å². The average Bonchev–Trinajstić information content (AvgIpc) is 2.57. The molecule has 0 unspecified atom stereocenters. The maximum Gasteiger partial charge on any atom is 0.154 e. The lowest BCUT2D eigenvalue weighted by Gasteiger charge is -2.01. The van der Waals surface area contributed by atoms with E-state index in [9.17, 15) is 0 Å². The van der Waals surface area contributed by atoms with E-state index in [1.807, 2.05) is 25.3 Å². The molecule has 0 aliphatic carbocycles. The maximum absolute atomic E-state index is 4.27. The van der Waals surface area contributed by atoms with E-state index < -0.39 is 0 Å². The molecule has 0 aliphatic heterocycles. The Labute approximate surface area is 98.4 Å². The largest absolute Gasteiger partial charge is 0.236 e. The minimum absolute atomic E-state index is 0.799. The van der Waals surface area contributed by atoms with Gasteiger partial charge in [0.05, 0.1) is 10.2 Å². The zero-order valence-electron chi connectivity index (χ0n) is 7.41. The summed E-state index contributed by atoms with van der Waals surface area (Å²) in [5.74, 6) is 0.799. The number of pyridine rings is 1. The van der Waals surface area contributed by atoms with E-state index in [0.29, 0.717) is 0 Å². The molecular weight excluding hydrogens is 310 g/mol. The molecule has 0 fully saturated rings. The van der Waals surface area contributed by atoms with Gasteiger partial charge in [0.2, 0.25) is 0 Å². The van der Waals surface area contributed by atoms with E-state index >= 15 is 0 Å². The summed E-state index contributed by atoms with van der Waals surface area (Å²) < 4.78 is 3.65. The highest BCUT2D eigenvalue weighted by Crippen LogP contribution is 2.23. The van der Waals surface area contributed by atoms with Crippen molar-refractivity contribution in [2.45, 2.75) is 6.92 Å². The number of halogens is 2. The van der Waals surface area contributed by atoms with Crippen molar-refractivity contribution in [2.75, 3.05) is 0 Å². The van der Waals surface area contributed by atoms with E-state index in [0.717, 1.165) is 20.5 Å². The summed E-state index contributed by atoms with van der Waals surface area (Å²) in [5, 5.41) is 4.27. The highest BCUT2D eigenvalue weighted by molar-refractivity contribution is 9.13. The van der Waals surface area contributed by atoms with Gasteiger partial charge in [-0.15, -0.1) is 0 Å². The molecule has 0 spiro atoms. The highest BCUT2D eigenvalue weighted by Gasteiger charge is 2.02. The van der Waals surface area contributed by atoms with E-state index in [2.05, 4.69) is 41.9 Å². The Hall–Kier alpha value is -0.680. The Balaban J connectivity index is 2.47. The van der Waals surface area contributed by atoms with E-state index in [1.165, 1.54) is 0 Å². The molecule has 0 saturated carbocycles. The third kappa shape index (κ3) is 1.88. The quantitative estimate of drug-likeness (QED) is 0.809. The summed E-state index contributed by atoms with van der Waals surface area (Å²) in [6.45, 7) is 1.95. The summed E-state index contributed by atoms with van der Waals surface area (Å²) in [6.07, 6.45) is 3.63. The van der Waals surface area contributed by atoms with Gasteiger partial charge in [-0.3, -0.25) is 0 Å². The highest BCUT2D eigenvalue weighted by atomic mass is 79.9. The number of rotatable bonds is 1. The number of aryl methyl sites for hydroxylation is 1. The molecule has 2 rings (SSSR count). The first-order chi connectivity index (χ1) is 6.66. The first-order valence-corrected chi connectivity index (χ1v) is 5.59. The molecule has 0 aliphatic rings. The van der Waals surface area contributed by atoms with Gasteiger partial charge in [-0.2, -0.15) is 5.10 Å². The van der Waals surface area contributed by atoms with Gasteiger partial charge < -0.3 is 0 Å². The molecule has 2 aromatic heterocycles. The lowest BCUT2D eigenvalue weighted by molar-refractivity contribution is 0.830. The Morgan fingerprint density at radius 1 is 1.29 bits per heavy atom. The van der Waals surface area contributed by atoms with Crippen molar-refractivity contribution in [3.05, 3.63) is 39.2 Å². The van der Waals surface area contributed by atoms with Crippen molar-refractivity contribution in [1.82, 2.24) is 14.8 Å². The standard InChI is InChI=1S/C9H7Br2N3/c1-6-2-3-14(13-6)9-4-7(10)8(11)5-12-9/h2-5H,1H3. The molecule has 2 aromatic rings. The predicted molar refractivity (Wildman–Crippen MR) is 61.5 cm³/mol. The fourth-order valence-corrected chi connectivity index (χ4v) is 1.60. The Bertz CT molecular complexity index is 465. The smallest absolute Gasteiger partial charge is 0.154 e. The van der Waals surface area contributed by atoms with Crippen molar-refractivity contribution in [3.63, 3.8) is 0 Å². The van der Waals surface area contributed by atoms with Crippen molar-refractivity contribution in [2.24, 2.45) is 0 Å². The van der Waals surface area contributed by atoms with Crippen LogP contribution in [0.1, 0.15) is 5.69 Å². The first kappa shape index (κ1) is 9.86. The molecule has 0 aromatic carbocycles. The molecule has 0 N–H and O–H groups in total. The van der Waals surface area contributed by atoms with Crippen LogP contribution in [0.15, 0.2) is 33.5 Å². The molecular formula is C9H7Br2N3. The van der Waals surface area contributed by atoms with Crippen LogP contribution in [-0.2, 0) is 0 Å². The number of aromatic nitrogens is 3. The second-order valence-corrected chi connectivity index (χ2v) is 4.57. The lowest BCUT2D eigenvalue weighted by atomic mass is 10.5. The van der Waals surface area contributed by atoms with Crippen LogP contribution < -0.4 is 0 Å². The third-order valence-corrected chi connectivity index (χ3v) is 3.57. The summed E-state index contributed by atoms with van der Waals surface area (Å²) in [5.41, 5.74) is 0.978. The first-order valence-electron chi connectivity index (χ1n) is 4.00. The van der Waals surface area contributed by atoms with Gasteiger partial charge in [0, 0.05) is 16.9 Å². The van der Waals surface area contributed by atoms with Crippen molar-refractivity contribution < 1.29 is 0 Å². The van der Waals surface area contributed by atoms with Crippen molar-refractivity contribution >= 4 is 31.9 Å². The molecule has 72 valence electrons. The normalized spacial score (nSPS) is 10.5. The molecule has 3 nitrogen and oxygen atoms in total. The molecule has 0 bridgehead atoms. The van der Waals surface area contributed by atoms with Crippen LogP contribution in [0.5, 0.6) is 0 Å². The number of nitrogens with zero attached hydrogens (tertiary/aromatic N) is 3. The van der Waals surface area contributed by atoms with Gasteiger partial charge >= 0.3 is 0 Å². The van der Waals surface area contributed by atoms with Crippen molar-refractivity contribution in [1.29, 1.82) is 0 Å². The van der Waals surface area contributed by atoms with Crippen LogP contribution in [0.25, 0.3) is 5.82 Å². The van der Waals surface area contributed by atoms with Gasteiger partial charge in [0.25, 0.3) is 0 Å². The predicted octanol–water partition coefficient (Wildman–Crippen LogP) is 3.10. The van der Waals surface area contributed by atoms with Gasteiger partial charge in [-0.05, 0) is 50.9 Å². The minimum Gasteiger partial charge on any atom is -0.236 e. The molecule has 0 radical (unpaired) electrons. The topological polar surface area (TPSA) is 30.7 Å². The minimum atomic E-state index is 0.799. The SMILES string of the molecule is Cc1ccn(-c2cc(Br)c(Br)cn2)n1. The van der Waals surface area contributed by atoms with Gasteiger partial charge in [-0.25, -0.2) is 9.67 Å². The van der Waals surface area contributed by atoms with E-state index in [4.69, 9.17) is 0 Å². The zero-order valence-corrected chi connectivity index (χ0v) is 10.6. The van der Waals surface area contributed by atoms with Crippen LogP contribution in [-0.4, -0.2) is 14.8 Å². The van der Waals surface area contributed by atoms with Gasteiger partial charge in [-0.1, -0.05) is 0 Å². The summed E-state index contributed by atoms with van der Waals surface area (Å²) >= 11 is 6.79. The Kier molecular flexibility index (Phi) is 2.69. The Morgan fingerprint density at radius 2 is 2.07 bits per heavy atom. The van der Waals surface area contributed by atoms with E-state index in [1.54, 1.807) is 10.9 Å². The average molecular weight is 317 g/mol. The molecule has 0 amide bonds. The summed E-state index contributed by atoms with van der Waals surface area (Å²) in [7, 11) is 0. The fourth-order valence-electron chi connectivity index (χ4n) is 1.07. The summed E-state index contributed by atoms with van der Waals surface area (Å²) in [4.78, 5) is 4.25. The van der Waals surface area contributed by atoms with Gasteiger partial charge in [0.15, 0.2) is 5.82 Å². The molecule has 5 heteroatoms. The molecule has 0 atom stereocenters. The molecule has 0 saturated heterocycles. The monoisotopic (exact) mass is 315 g/mol. The van der Waals surface area contributed by atoms with Crippen LogP contribution in [0.2, 0.25) is 0 Å². The second-order valence-electron chi connectivity index (χ2n) is 2.86. The van der Waals surface area contributed by atoms with Crippen LogP contribution in [0.3, 0.4) is 0 Å².